The van der Waals surface area contributed by atoms with Gasteiger partial charge in [-0.2, -0.15) is 0 Å². The van der Waals surface area contributed by atoms with Crippen molar-refractivity contribution in [3.8, 4) is 0 Å². The molecule has 0 aliphatic carbocycles. The third kappa shape index (κ3) is 2.54. The van der Waals surface area contributed by atoms with Crippen molar-refractivity contribution < 1.29 is 9.53 Å². The van der Waals surface area contributed by atoms with Crippen LogP contribution in [0.2, 0.25) is 0 Å². The Bertz CT molecular complexity index is 420. The van der Waals surface area contributed by atoms with E-state index in [1.165, 1.54) is 5.56 Å². The molecule has 1 N–H and O–H groups in total. The fourth-order valence-corrected chi connectivity index (χ4v) is 2.45. The van der Waals surface area contributed by atoms with E-state index in [-0.39, 0.29) is 5.91 Å². The van der Waals surface area contributed by atoms with Crippen LogP contribution < -0.4 is 10.2 Å². The average molecular weight is 248 g/mol. The molecule has 1 unspecified atom stereocenters. The monoisotopic (exact) mass is 248 g/mol. The van der Waals surface area contributed by atoms with Crippen LogP contribution in [0.25, 0.3) is 0 Å². The topological polar surface area (TPSA) is 41.6 Å². The number of benzene rings is 1. The van der Waals surface area contributed by atoms with Crippen LogP contribution in [0.5, 0.6) is 0 Å². The molecule has 4 nitrogen and oxygen atoms in total. The van der Waals surface area contributed by atoms with Gasteiger partial charge in [0.15, 0.2) is 0 Å². The molecule has 2 rings (SSSR count). The number of methoxy groups -OCH3 is 1. The third-order valence-electron chi connectivity index (χ3n) is 3.41. The fraction of sp³-hybridized carbons (Fsp3) is 0.500. The van der Waals surface area contributed by atoms with Crippen molar-refractivity contribution in [2.75, 3.05) is 32.2 Å². The maximum absolute atomic E-state index is 12.1. The van der Waals surface area contributed by atoms with Crippen LogP contribution in [0.4, 0.5) is 5.69 Å². The molecule has 0 saturated heterocycles. The van der Waals surface area contributed by atoms with Crippen LogP contribution in [0.15, 0.2) is 24.3 Å². The first kappa shape index (κ1) is 13.1. The van der Waals surface area contributed by atoms with Crippen molar-refractivity contribution in [3.63, 3.8) is 0 Å². The van der Waals surface area contributed by atoms with E-state index in [1.807, 2.05) is 30.1 Å². The Hall–Kier alpha value is -1.39. The van der Waals surface area contributed by atoms with Crippen LogP contribution in [-0.4, -0.2) is 33.2 Å². The number of hydrogen-bond acceptors (Lipinski definition) is 3. The minimum absolute atomic E-state index is 0.138. The zero-order chi connectivity index (χ0) is 13.0. The smallest absolute Gasteiger partial charge is 0.229 e. The quantitative estimate of drug-likeness (QED) is 0.882. The number of rotatable bonds is 4. The number of nitrogens with one attached hydrogen (secondary N) is 1. The highest BCUT2D eigenvalue weighted by atomic mass is 16.5. The van der Waals surface area contributed by atoms with E-state index in [1.54, 1.807) is 7.11 Å². The number of para-hydroxylation sites is 1. The Kier molecular flexibility index (Phi) is 4.33. The van der Waals surface area contributed by atoms with E-state index >= 15 is 0 Å². The first-order chi connectivity index (χ1) is 8.77. The lowest BCUT2D eigenvalue weighted by molar-refractivity contribution is -0.119. The molecule has 1 aromatic carbocycles. The number of ether oxygens (including phenoxy) is 1. The summed E-state index contributed by atoms with van der Waals surface area (Å²) in [5, 5.41) is 3.30. The molecular formula is C14H20N2O2. The highest BCUT2D eigenvalue weighted by Crippen LogP contribution is 2.33. The Morgan fingerprint density at radius 3 is 3.00 bits per heavy atom. The Balaban J connectivity index is 2.22. The van der Waals surface area contributed by atoms with Gasteiger partial charge in [0.25, 0.3) is 0 Å². The molecule has 0 spiro atoms. The molecule has 0 fully saturated rings. The maximum atomic E-state index is 12.1. The van der Waals surface area contributed by atoms with Gasteiger partial charge in [-0.15, -0.1) is 0 Å². The largest absolute Gasteiger partial charge is 0.384 e. The molecule has 1 atom stereocenters. The van der Waals surface area contributed by atoms with Gasteiger partial charge < -0.3 is 15.0 Å². The van der Waals surface area contributed by atoms with Gasteiger partial charge in [-0.25, -0.2) is 0 Å². The molecule has 1 aliphatic heterocycles. The van der Waals surface area contributed by atoms with Crippen LogP contribution in [0.3, 0.4) is 0 Å². The first-order valence-electron chi connectivity index (χ1n) is 6.33. The predicted octanol–water partition coefficient (Wildman–Crippen LogP) is 1.72. The van der Waals surface area contributed by atoms with Gasteiger partial charge in [-0.1, -0.05) is 18.2 Å². The van der Waals surface area contributed by atoms with Gasteiger partial charge >= 0.3 is 0 Å². The SMILES string of the molecule is CNC1CCN(C(=O)CCOC)c2ccccc21. The molecule has 0 aromatic heterocycles. The molecule has 0 radical (unpaired) electrons. The normalized spacial score (nSPS) is 18.6. The van der Waals surface area contributed by atoms with Crippen LogP contribution >= 0.6 is 0 Å². The summed E-state index contributed by atoms with van der Waals surface area (Å²) in [5.41, 5.74) is 2.24. The van der Waals surface area contributed by atoms with Gasteiger partial charge in [-0.05, 0) is 25.1 Å². The van der Waals surface area contributed by atoms with E-state index in [4.69, 9.17) is 4.74 Å². The molecule has 0 bridgehead atoms. The summed E-state index contributed by atoms with van der Waals surface area (Å²) in [7, 11) is 3.58. The molecule has 18 heavy (non-hydrogen) atoms. The summed E-state index contributed by atoms with van der Waals surface area (Å²) in [4.78, 5) is 14.0. The second-order valence-electron chi connectivity index (χ2n) is 4.48. The van der Waals surface area contributed by atoms with E-state index in [0.29, 0.717) is 19.1 Å². The van der Waals surface area contributed by atoms with E-state index in [0.717, 1.165) is 18.7 Å². The molecule has 0 saturated carbocycles. The molecule has 4 heteroatoms. The minimum atomic E-state index is 0.138. The van der Waals surface area contributed by atoms with Crippen molar-refractivity contribution in [2.45, 2.75) is 18.9 Å². The number of nitrogens with zero attached hydrogens (tertiary/aromatic N) is 1. The summed E-state index contributed by atoms with van der Waals surface area (Å²) >= 11 is 0. The molecular weight excluding hydrogens is 228 g/mol. The van der Waals surface area contributed by atoms with Gasteiger partial charge in [0.1, 0.15) is 0 Å². The molecule has 1 aliphatic rings. The highest BCUT2D eigenvalue weighted by molar-refractivity contribution is 5.94. The van der Waals surface area contributed by atoms with Crippen LogP contribution in [0, 0.1) is 0 Å². The average Bonchev–Trinajstić information content (AvgIpc) is 2.43. The highest BCUT2D eigenvalue weighted by Gasteiger charge is 2.26. The first-order valence-corrected chi connectivity index (χ1v) is 6.33. The maximum Gasteiger partial charge on any atom is 0.229 e. The molecule has 1 amide bonds. The lowest BCUT2D eigenvalue weighted by Gasteiger charge is -2.34. The van der Waals surface area contributed by atoms with Crippen molar-refractivity contribution in [2.24, 2.45) is 0 Å². The Morgan fingerprint density at radius 2 is 2.28 bits per heavy atom. The van der Waals surface area contributed by atoms with Gasteiger partial charge in [0.2, 0.25) is 5.91 Å². The standard InChI is InChI=1S/C14H20N2O2/c1-15-12-7-9-16(14(17)8-10-18-2)13-6-4-3-5-11(12)13/h3-6,12,15H,7-10H2,1-2H3. The van der Waals surface area contributed by atoms with Crippen molar-refractivity contribution in [3.05, 3.63) is 29.8 Å². The summed E-state index contributed by atoms with van der Waals surface area (Å²) in [6.45, 7) is 1.25. The number of amides is 1. The van der Waals surface area contributed by atoms with E-state index in [2.05, 4.69) is 11.4 Å². The van der Waals surface area contributed by atoms with E-state index in [9.17, 15) is 4.79 Å². The summed E-state index contributed by atoms with van der Waals surface area (Å²) in [6.07, 6.45) is 1.39. The number of hydrogen-bond donors (Lipinski definition) is 1. The second kappa shape index (κ2) is 5.98. The Morgan fingerprint density at radius 1 is 1.50 bits per heavy atom. The Labute approximate surface area is 108 Å². The summed E-state index contributed by atoms with van der Waals surface area (Å²) < 4.78 is 4.97. The lowest BCUT2D eigenvalue weighted by Crippen LogP contribution is -2.39. The van der Waals surface area contributed by atoms with Crippen molar-refractivity contribution >= 4 is 11.6 Å². The minimum Gasteiger partial charge on any atom is -0.384 e. The molecule has 1 aromatic rings. The van der Waals surface area contributed by atoms with Crippen molar-refractivity contribution in [1.29, 1.82) is 0 Å². The van der Waals surface area contributed by atoms with E-state index < -0.39 is 0 Å². The predicted molar refractivity (Wildman–Crippen MR) is 71.7 cm³/mol. The van der Waals surface area contributed by atoms with Crippen molar-refractivity contribution in [1.82, 2.24) is 5.32 Å². The van der Waals surface area contributed by atoms with Gasteiger partial charge in [0, 0.05) is 25.4 Å². The number of fused-ring (bicyclic) bond motifs is 1. The fourth-order valence-electron chi connectivity index (χ4n) is 2.45. The number of anilines is 1. The summed E-state index contributed by atoms with van der Waals surface area (Å²) in [5.74, 6) is 0.138. The number of carbonyl (C=O) groups is 1. The second-order valence-corrected chi connectivity index (χ2v) is 4.48. The molecule has 98 valence electrons. The van der Waals surface area contributed by atoms with Gasteiger partial charge in [0.05, 0.1) is 13.0 Å². The third-order valence-corrected chi connectivity index (χ3v) is 3.41. The number of carbonyl (C=O) groups excluding carboxylic acids is 1. The zero-order valence-corrected chi connectivity index (χ0v) is 11.0. The van der Waals surface area contributed by atoms with Gasteiger partial charge in [-0.3, -0.25) is 4.79 Å². The zero-order valence-electron chi connectivity index (χ0n) is 11.0. The molecule has 1 heterocycles. The van der Waals surface area contributed by atoms with Crippen LogP contribution in [-0.2, 0) is 9.53 Å². The lowest BCUT2D eigenvalue weighted by atomic mass is 9.96. The van der Waals surface area contributed by atoms with Crippen LogP contribution in [0.1, 0.15) is 24.4 Å². The summed E-state index contributed by atoms with van der Waals surface area (Å²) in [6, 6.07) is 8.45.